The molecular weight excluding hydrogens is 298 g/mol. The molecule has 0 aliphatic carbocycles. The number of hydrogen-bond acceptors (Lipinski definition) is 1. The maximum atomic E-state index is 13.3. The van der Waals surface area contributed by atoms with Crippen LogP contribution in [0.3, 0.4) is 0 Å². The summed E-state index contributed by atoms with van der Waals surface area (Å²) in [7, 11) is 0. The summed E-state index contributed by atoms with van der Waals surface area (Å²) in [5, 5.41) is 11.7. The van der Waals surface area contributed by atoms with Crippen LogP contribution in [0.1, 0.15) is 24.5 Å². The smallest absolute Gasteiger partial charge is 0.123 e. The molecule has 0 heterocycles. The fourth-order valence-corrected chi connectivity index (χ4v) is 2.52. The Morgan fingerprint density at radius 2 is 1.85 bits per heavy atom. The minimum Gasteiger partial charge on any atom is -0.385 e. The van der Waals surface area contributed by atoms with Gasteiger partial charge in [-0.1, -0.05) is 48.3 Å². The monoisotopic (exact) mass is 312 g/mol. The van der Waals surface area contributed by atoms with Crippen molar-refractivity contribution in [1.29, 1.82) is 0 Å². The molecular formula is C16H15Cl2FO. The summed E-state index contributed by atoms with van der Waals surface area (Å²) >= 11 is 11.9. The standard InChI is InChI=1S/C16H15Cl2FO/c1-2-16(20,12-4-3-5-13(19)9-12)10-11-6-7-14(17)15(18)8-11/h3-9,20H,2,10H2,1H3. The quantitative estimate of drug-likeness (QED) is 0.844. The predicted molar refractivity (Wildman–Crippen MR) is 80.8 cm³/mol. The number of benzene rings is 2. The summed E-state index contributed by atoms with van der Waals surface area (Å²) in [5.41, 5.74) is 0.290. The van der Waals surface area contributed by atoms with Crippen LogP contribution in [0.4, 0.5) is 4.39 Å². The van der Waals surface area contributed by atoms with E-state index in [1.54, 1.807) is 24.3 Å². The molecule has 2 rings (SSSR count). The van der Waals surface area contributed by atoms with Crippen molar-refractivity contribution in [1.82, 2.24) is 0 Å². The Balaban J connectivity index is 2.33. The fourth-order valence-electron chi connectivity index (χ4n) is 2.20. The second kappa shape index (κ2) is 6.13. The molecule has 1 nitrogen and oxygen atoms in total. The first-order chi connectivity index (χ1) is 9.44. The van der Waals surface area contributed by atoms with Crippen LogP contribution in [-0.2, 0) is 12.0 Å². The highest BCUT2D eigenvalue weighted by Gasteiger charge is 2.28. The van der Waals surface area contributed by atoms with E-state index in [2.05, 4.69) is 0 Å². The van der Waals surface area contributed by atoms with Gasteiger partial charge in [0.05, 0.1) is 15.6 Å². The van der Waals surface area contributed by atoms with Gasteiger partial charge in [-0.25, -0.2) is 4.39 Å². The summed E-state index contributed by atoms with van der Waals surface area (Å²) in [5.74, 6) is -0.358. The highest BCUT2D eigenvalue weighted by atomic mass is 35.5. The van der Waals surface area contributed by atoms with Crippen molar-refractivity contribution in [2.75, 3.05) is 0 Å². The van der Waals surface area contributed by atoms with Gasteiger partial charge in [0.1, 0.15) is 5.82 Å². The molecule has 1 atom stereocenters. The van der Waals surface area contributed by atoms with Gasteiger partial charge in [0.25, 0.3) is 0 Å². The molecule has 0 aliphatic rings. The van der Waals surface area contributed by atoms with Crippen LogP contribution in [0.2, 0.25) is 10.0 Å². The van der Waals surface area contributed by atoms with Crippen LogP contribution in [-0.4, -0.2) is 5.11 Å². The summed E-state index contributed by atoms with van der Waals surface area (Å²) in [6.07, 6.45) is 0.820. The van der Waals surface area contributed by atoms with E-state index in [0.29, 0.717) is 28.5 Å². The van der Waals surface area contributed by atoms with Crippen LogP contribution < -0.4 is 0 Å². The lowest BCUT2D eigenvalue weighted by Gasteiger charge is -2.27. The van der Waals surface area contributed by atoms with E-state index in [0.717, 1.165) is 5.56 Å². The summed E-state index contributed by atoms with van der Waals surface area (Å²) < 4.78 is 13.3. The molecule has 1 N–H and O–H groups in total. The topological polar surface area (TPSA) is 20.2 Å². The van der Waals surface area contributed by atoms with Crippen LogP contribution >= 0.6 is 23.2 Å². The summed E-state index contributed by atoms with van der Waals surface area (Å²) in [4.78, 5) is 0. The van der Waals surface area contributed by atoms with E-state index in [1.165, 1.54) is 12.1 Å². The second-order valence-electron chi connectivity index (χ2n) is 4.82. The Hall–Kier alpha value is -1.09. The van der Waals surface area contributed by atoms with Crippen molar-refractivity contribution in [2.45, 2.75) is 25.4 Å². The first-order valence-corrected chi connectivity index (χ1v) is 7.12. The van der Waals surface area contributed by atoms with Gasteiger partial charge in [0.15, 0.2) is 0 Å². The lowest BCUT2D eigenvalue weighted by molar-refractivity contribution is 0.0324. The molecule has 106 valence electrons. The zero-order valence-corrected chi connectivity index (χ0v) is 12.5. The van der Waals surface area contributed by atoms with E-state index < -0.39 is 5.60 Å². The second-order valence-corrected chi connectivity index (χ2v) is 5.64. The molecule has 0 saturated heterocycles. The third-order valence-corrected chi connectivity index (χ3v) is 4.17. The maximum absolute atomic E-state index is 13.3. The summed E-state index contributed by atoms with van der Waals surface area (Å²) in [6.45, 7) is 1.86. The molecule has 0 amide bonds. The molecule has 0 bridgehead atoms. The van der Waals surface area contributed by atoms with Gasteiger partial charge in [0.2, 0.25) is 0 Å². The Morgan fingerprint density at radius 1 is 1.10 bits per heavy atom. The average molecular weight is 313 g/mol. The van der Waals surface area contributed by atoms with Gasteiger partial charge in [-0.15, -0.1) is 0 Å². The number of hydrogen-bond donors (Lipinski definition) is 1. The van der Waals surface area contributed by atoms with E-state index in [4.69, 9.17) is 23.2 Å². The van der Waals surface area contributed by atoms with E-state index in [1.807, 2.05) is 13.0 Å². The number of aliphatic hydroxyl groups is 1. The van der Waals surface area contributed by atoms with Gasteiger partial charge in [-0.3, -0.25) is 0 Å². The van der Waals surface area contributed by atoms with E-state index in [-0.39, 0.29) is 5.82 Å². The zero-order chi connectivity index (χ0) is 14.8. The van der Waals surface area contributed by atoms with Crippen LogP contribution in [0, 0.1) is 5.82 Å². The Labute approximate surface area is 128 Å². The average Bonchev–Trinajstić information content (AvgIpc) is 2.43. The Kier molecular flexibility index (Phi) is 4.69. The van der Waals surface area contributed by atoms with Crippen LogP contribution in [0.25, 0.3) is 0 Å². The molecule has 4 heteroatoms. The molecule has 0 saturated carbocycles. The van der Waals surface area contributed by atoms with E-state index in [9.17, 15) is 9.50 Å². The number of rotatable bonds is 4. The van der Waals surface area contributed by atoms with E-state index >= 15 is 0 Å². The highest BCUT2D eigenvalue weighted by molar-refractivity contribution is 6.42. The predicted octanol–water partition coefficient (Wildman–Crippen LogP) is 4.97. The van der Waals surface area contributed by atoms with Crippen molar-refractivity contribution >= 4 is 23.2 Å². The lowest BCUT2D eigenvalue weighted by Crippen LogP contribution is -2.27. The SMILES string of the molecule is CCC(O)(Cc1ccc(Cl)c(Cl)c1)c1cccc(F)c1. The minimum atomic E-state index is -1.13. The largest absolute Gasteiger partial charge is 0.385 e. The van der Waals surface area contributed by atoms with Gasteiger partial charge in [-0.05, 0) is 41.8 Å². The minimum absolute atomic E-state index is 0.351. The van der Waals surface area contributed by atoms with Crippen LogP contribution in [0.15, 0.2) is 42.5 Å². The molecule has 0 spiro atoms. The molecule has 0 radical (unpaired) electrons. The van der Waals surface area contributed by atoms with Crippen LogP contribution in [0.5, 0.6) is 0 Å². The third kappa shape index (κ3) is 3.32. The first-order valence-electron chi connectivity index (χ1n) is 6.37. The molecule has 20 heavy (non-hydrogen) atoms. The Morgan fingerprint density at radius 3 is 2.45 bits per heavy atom. The normalized spacial score (nSPS) is 14.1. The molecule has 1 unspecified atom stereocenters. The van der Waals surface area contributed by atoms with Crippen molar-refractivity contribution in [3.8, 4) is 0 Å². The Bertz CT molecular complexity index is 615. The molecule has 2 aromatic rings. The lowest BCUT2D eigenvalue weighted by atomic mass is 9.85. The molecule has 0 fully saturated rings. The zero-order valence-electron chi connectivity index (χ0n) is 11.0. The van der Waals surface area contributed by atoms with Crippen molar-refractivity contribution in [2.24, 2.45) is 0 Å². The fraction of sp³-hybridized carbons (Fsp3) is 0.250. The van der Waals surface area contributed by atoms with Crippen molar-refractivity contribution < 1.29 is 9.50 Å². The maximum Gasteiger partial charge on any atom is 0.123 e. The molecule has 0 aromatic heterocycles. The number of halogens is 3. The van der Waals surface area contributed by atoms with Crippen molar-refractivity contribution in [3.63, 3.8) is 0 Å². The van der Waals surface area contributed by atoms with Gasteiger partial charge >= 0.3 is 0 Å². The van der Waals surface area contributed by atoms with Crippen molar-refractivity contribution in [3.05, 3.63) is 69.5 Å². The van der Waals surface area contributed by atoms with Gasteiger partial charge < -0.3 is 5.11 Å². The van der Waals surface area contributed by atoms with Gasteiger partial charge in [0, 0.05) is 6.42 Å². The molecule has 2 aromatic carbocycles. The molecule has 0 aliphatic heterocycles. The summed E-state index contributed by atoms with van der Waals surface area (Å²) in [6, 6.07) is 11.3. The van der Waals surface area contributed by atoms with Gasteiger partial charge in [-0.2, -0.15) is 0 Å². The highest BCUT2D eigenvalue weighted by Crippen LogP contribution is 2.31. The first kappa shape index (κ1) is 15.3. The third-order valence-electron chi connectivity index (χ3n) is 3.43.